The molecule has 2 aliphatic rings. The number of carbonyl (C=O) groups is 2. The number of aromatic nitrogens is 1. The zero-order chi connectivity index (χ0) is 22.5. The van der Waals surface area contributed by atoms with Crippen LogP contribution in [0.15, 0.2) is 48.7 Å². The molecule has 1 aromatic carbocycles. The van der Waals surface area contributed by atoms with Crippen LogP contribution in [0.5, 0.6) is 5.75 Å². The molecule has 3 heterocycles. The number of alkyl halides is 1. The first-order valence-corrected chi connectivity index (χ1v) is 11.1. The van der Waals surface area contributed by atoms with E-state index < -0.39 is 12.2 Å². The van der Waals surface area contributed by atoms with Gasteiger partial charge in [0, 0.05) is 45.2 Å². The molecule has 8 heteroatoms. The fourth-order valence-electron chi connectivity index (χ4n) is 4.16. The molecule has 4 rings (SSSR count). The van der Waals surface area contributed by atoms with Crippen LogP contribution in [0.25, 0.3) is 0 Å². The van der Waals surface area contributed by atoms with Gasteiger partial charge in [-0.15, -0.1) is 0 Å². The van der Waals surface area contributed by atoms with Gasteiger partial charge in [-0.2, -0.15) is 0 Å². The summed E-state index contributed by atoms with van der Waals surface area (Å²) < 4.78 is 20.1. The molecule has 2 atom stereocenters. The lowest BCUT2D eigenvalue weighted by atomic mass is 10.0. The number of hydrogen-bond acceptors (Lipinski definition) is 5. The van der Waals surface area contributed by atoms with Crippen molar-refractivity contribution in [2.45, 2.75) is 37.6 Å². The van der Waals surface area contributed by atoms with Crippen molar-refractivity contribution >= 4 is 11.8 Å². The molecular weight excluding hydrogens is 411 g/mol. The quantitative estimate of drug-likeness (QED) is 0.774. The van der Waals surface area contributed by atoms with Crippen LogP contribution in [-0.2, 0) is 0 Å². The zero-order valence-electron chi connectivity index (χ0n) is 18.2. The Morgan fingerprint density at radius 1 is 1.06 bits per heavy atom. The molecule has 170 valence electrons. The smallest absolute Gasteiger partial charge is 0.272 e. The standard InChI is InChI=1S/C24H29FN4O3/c1-28-12-11-21(20(25)16-28)27-23(30)17-7-8-22(26-15-17)24(31)29-13-9-19(10-14-29)32-18-5-3-2-4-6-18/h2-8,15,19-21H,9-14,16H2,1H3,(H,27,30). The number of piperidine rings is 2. The number of pyridine rings is 1. The maximum absolute atomic E-state index is 14.2. The van der Waals surface area contributed by atoms with Crippen LogP contribution in [0, 0.1) is 0 Å². The van der Waals surface area contributed by atoms with Crippen LogP contribution < -0.4 is 10.1 Å². The lowest BCUT2D eigenvalue weighted by Gasteiger charge is -2.32. The van der Waals surface area contributed by atoms with Crippen molar-refractivity contribution in [2.24, 2.45) is 0 Å². The van der Waals surface area contributed by atoms with Gasteiger partial charge in [-0.1, -0.05) is 18.2 Å². The van der Waals surface area contributed by atoms with Gasteiger partial charge in [0.15, 0.2) is 0 Å². The van der Waals surface area contributed by atoms with Gasteiger partial charge in [0.1, 0.15) is 23.7 Å². The van der Waals surface area contributed by atoms with Gasteiger partial charge in [0.05, 0.1) is 11.6 Å². The molecule has 0 aliphatic carbocycles. The normalized spacial score (nSPS) is 22.4. The zero-order valence-corrected chi connectivity index (χ0v) is 18.2. The van der Waals surface area contributed by atoms with Crippen molar-refractivity contribution in [3.05, 3.63) is 59.9 Å². The Bertz CT molecular complexity index is 917. The Kier molecular flexibility index (Phi) is 6.99. The average Bonchev–Trinajstić information content (AvgIpc) is 2.82. The number of rotatable bonds is 5. The third-order valence-corrected chi connectivity index (χ3v) is 6.08. The number of ether oxygens (including phenoxy) is 1. The monoisotopic (exact) mass is 440 g/mol. The topological polar surface area (TPSA) is 74.8 Å². The Hall–Kier alpha value is -3.00. The van der Waals surface area contributed by atoms with E-state index in [4.69, 9.17) is 4.74 Å². The summed E-state index contributed by atoms with van der Waals surface area (Å²) in [4.78, 5) is 33.1. The number of nitrogens with zero attached hydrogens (tertiary/aromatic N) is 3. The predicted octanol–water partition coefficient (Wildman–Crippen LogP) is 2.54. The van der Waals surface area contributed by atoms with Crippen LogP contribution in [-0.4, -0.2) is 78.1 Å². The summed E-state index contributed by atoms with van der Waals surface area (Å²) in [5, 5.41) is 2.75. The molecular formula is C24H29FN4O3. The molecule has 2 fully saturated rings. The molecule has 0 spiro atoms. The maximum atomic E-state index is 14.2. The Labute approximate surface area is 187 Å². The first-order chi connectivity index (χ1) is 15.5. The number of amides is 2. The number of nitrogens with one attached hydrogen (secondary N) is 1. The second-order valence-corrected chi connectivity index (χ2v) is 8.50. The minimum Gasteiger partial charge on any atom is -0.490 e. The molecule has 2 aromatic rings. The van der Waals surface area contributed by atoms with Gasteiger partial charge in [-0.25, -0.2) is 4.39 Å². The highest BCUT2D eigenvalue weighted by molar-refractivity contribution is 5.96. The maximum Gasteiger partial charge on any atom is 0.272 e. The largest absolute Gasteiger partial charge is 0.490 e. The highest BCUT2D eigenvalue weighted by Gasteiger charge is 2.29. The summed E-state index contributed by atoms with van der Waals surface area (Å²) in [5.41, 5.74) is 0.620. The second kappa shape index (κ2) is 10.1. The van der Waals surface area contributed by atoms with E-state index in [0.717, 1.165) is 25.1 Å². The van der Waals surface area contributed by atoms with E-state index in [1.807, 2.05) is 42.3 Å². The Morgan fingerprint density at radius 3 is 2.47 bits per heavy atom. The molecule has 1 aromatic heterocycles. The number of hydrogen-bond donors (Lipinski definition) is 1. The van der Waals surface area contributed by atoms with Crippen LogP contribution in [0.2, 0.25) is 0 Å². The third-order valence-electron chi connectivity index (χ3n) is 6.08. The third kappa shape index (κ3) is 5.43. The van der Waals surface area contributed by atoms with Gasteiger partial charge < -0.3 is 19.9 Å². The summed E-state index contributed by atoms with van der Waals surface area (Å²) in [7, 11) is 1.86. The van der Waals surface area contributed by atoms with Crippen molar-refractivity contribution < 1.29 is 18.7 Å². The lowest BCUT2D eigenvalue weighted by Crippen LogP contribution is -2.51. The summed E-state index contributed by atoms with van der Waals surface area (Å²) in [5.74, 6) is 0.314. The van der Waals surface area contributed by atoms with Crippen LogP contribution in [0.3, 0.4) is 0 Å². The average molecular weight is 441 g/mol. The van der Waals surface area contributed by atoms with Gasteiger partial charge in [0.25, 0.3) is 11.8 Å². The van der Waals surface area contributed by atoms with Crippen molar-refractivity contribution in [1.82, 2.24) is 20.1 Å². The van der Waals surface area contributed by atoms with E-state index in [9.17, 15) is 14.0 Å². The fourth-order valence-corrected chi connectivity index (χ4v) is 4.16. The molecule has 2 saturated heterocycles. The first-order valence-electron chi connectivity index (χ1n) is 11.1. The van der Waals surface area contributed by atoms with Crippen molar-refractivity contribution in [2.75, 3.05) is 33.2 Å². The van der Waals surface area contributed by atoms with E-state index in [1.165, 1.54) is 6.20 Å². The summed E-state index contributed by atoms with van der Waals surface area (Å²) >= 11 is 0. The number of carbonyl (C=O) groups excluding carboxylic acids is 2. The van der Waals surface area contributed by atoms with Crippen molar-refractivity contribution in [1.29, 1.82) is 0 Å². The molecule has 2 unspecified atom stereocenters. The minimum absolute atomic E-state index is 0.0828. The SMILES string of the molecule is CN1CCC(NC(=O)c2ccc(C(=O)N3CCC(Oc4ccccc4)CC3)nc2)C(F)C1. The molecule has 0 radical (unpaired) electrons. The highest BCUT2D eigenvalue weighted by atomic mass is 19.1. The fraction of sp³-hybridized carbons (Fsp3) is 0.458. The van der Waals surface area contributed by atoms with E-state index in [-0.39, 0.29) is 17.9 Å². The summed E-state index contributed by atoms with van der Waals surface area (Å²) in [6.45, 7) is 2.23. The highest BCUT2D eigenvalue weighted by Crippen LogP contribution is 2.20. The molecule has 2 amide bonds. The number of likely N-dealkylation sites (tertiary alicyclic amines) is 2. The molecule has 32 heavy (non-hydrogen) atoms. The van der Waals surface area contributed by atoms with Crippen LogP contribution in [0.1, 0.15) is 40.1 Å². The second-order valence-electron chi connectivity index (χ2n) is 8.50. The predicted molar refractivity (Wildman–Crippen MR) is 118 cm³/mol. The number of halogens is 1. The minimum atomic E-state index is -1.10. The Morgan fingerprint density at radius 2 is 1.81 bits per heavy atom. The van der Waals surface area contributed by atoms with Crippen molar-refractivity contribution in [3.8, 4) is 5.75 Å². The Balaban J connectivity index is 1.28. The summed E-state index contributed by atoms with van der Waals surface area (Å²) in [6, 6.07) is 12.3. The molecule has 1 N–H and O–H groups in total. The number of para-hydroxylation sites is 1. The van der Waals surface area contributed by atoms with Gasteiger partial charge >= 0.3 is 0 Å². The molecule has 0 saturated carbocycles. The molecule has 0 bridgehead atoms. The molecule has 2 aliphatic heterocycles. The molecule has 7 nitrogen and oxygen atoms in total. The van der Waals surface area contributed by atoms with Gasteiger partial charge in [0.2, 0.25) is 0 Å². The number of benzene rings is 1. The van der Waals surface area contributed by atoms with Gasteiger partial charge in [-0.3, -0.25) is 14.6 Å². The van der Waals surface area contributed by atoms with Gasteiger partial charge in [-0.05, 0) is 37.7 Å². The van der Waals surface area contributed by atoms with E-state index in [0.29, 0.717) is 37.3 Å². The van der Waals surface area contributed by atoms with Crippen LogP contribution in [0.4, 0.5) is 4.39 Å². The summed E-state index contributed by atoms with van der Waals surface area (Å²) in [6.07, 6.45) is 2.44. The first kappa shape index (κ1) is 22.2. The van der Waals surface area contributed by atoms with Crippen molar-refractivity contribution in [3.63, 3.8) is 0 Å². The lowest BCUT2D eigenvalue weighted by molar-refractivity contribution is 0.0589. The van der Waals surface area contributed by atoms with E-state index >= 15 is 0 Å². The van der Waals surface area contributed by atoms with E-state index in [1.54, 1.807) is 17.0 Å². The van der Waals surface area contributed by atoms with Crippen LogP contribution >= 0.6 is 0 Å². The van der Waals surface area contributed by atoms with E-state index in [2.05, 4.69) is 10.3 Å².